The fourth-order valence-electron chi connectivity index (χ4n) is 2.57. The number of hydrogen-bond acceptors (Lipinski definition) is 4. The minimum Gasteiger partial charge on any atom is -0.495 e. The smallest absolute Gasteiger partial charge is 0.161 e. The van der Waals surface area contributed by atoms with Crippen LogP contribution in [0.2, 0.25) is 0 Å². The largest absolute Gasteiger partial charge is 0.495 e. The molecule has 2 rings (SSSR count). The lowest BCUT2D eigenvalue weighted by Crippen LogP contribution is -2.02. The van der Waals surface area contributed by atoms with Crippen LogP contribution in [0.15, 0.2) is 49.1 Å². The average Bonchev–Trinajstić information content (AvgIpc) is 2.56. The first kappa shape index (κ1) is 16.7. The predicted molar refractivity (Wildman–Crippen MR) is 93.6 cm³/mol. The third kappa shape index (κ3) is 3.59. The van der Waals surface area contributed by atoms with E-state index in [1.54, 1.807) is 14.2 Å². The SMILES string of the molecule is C=CC(c1ccc(OC)c(N)c1)c1ccc(OC)c(OCC)c1. The van der Waals surface area contributed by atoms with Crippen molar-refractivity contribution in [3.05, 3.63) is 60.2 Å². The van der Waals surface area contributed by atoms with Gasteiger partial charge in [-0.3, -0.25) is 0 Å². The van der Waals surface area contributed by atoms with Crippen molar-refractivity contribution < 1.29 is 14.2 Å². The van der Waals surface area contributed by atoms with Gasteiger partial charge in [0.25, 0.3) is 0 Å². The number of ether oxygens (including phenoxy) is 3. The van der Waals surface area contributed by atoms with Gasteiger partial charge in [0.2, 0.25) is 0 Å². The van der Waals surface area contributed by atoms with Gasteiger partial charge in [-0.05, 0) is 42.3 Å². The maximum absolute atomic E-state index is 6.02. The van der Waals surface area contributed by atoms with Crippen molar-refractivity contribution in [1.29, 1.82) is 0 Å². The summed E-state index contributed by atoms with van der Waals surface area (Å²) in [5.74, 6) is 2.11. The molecule has 0 saturated carbocycles. The van der Waals surface area contributed by atoms with Crippen LogP contribution in [0.3, 0.4) is 0 Å². The molecule has 0 aliphatic carbocycles. The van der Waals surface area contributed by atoms with Gasteiger partial charge in [0.15, 0.2) is 11.5 Å². The Morgan fingerprint density at radius 2 is 1.61 bits per heavy atom. The Balaban J connectivity index is 2.42. The van der Waals surface area contributed by atoms with Crippen molar-refractivity contribution in [2.24, 2.45) is 0 Å². The zero-order valence-corrected chi connectivity index (χ0v) is 13.8. The zero-order valence-electron chi connectivity index (χ0n) is 13.8. The maximum Gasteiger partial charge on any atom is 0.161 e. The van der Waals surface area contributed by atoms with Crippen LogP contribution in [0.5, 0.6) is 17.2 Å². The zero-order chi connectivity index (χ0) is 16.8. The lowest BCUT2D eigenvalue weighted by atomic mass is 9.90. The summed E-state index contributed by atoms with van der Waals surface area (Å²) in [6, 6.07) is 11.7. The van der Waals surface area contributed by atoms with Gasteiger partial charge in [0.1, 0.15) is 5.75 Å². The standard InChI is InChI=1S/C19H23NO3/c1-5-15(13-7-9-17(21-3)16(20)11-13)14-8-10-18(22-4)19(12-14)23-6-2/h5,7-12,15H,1,6,20H2,2-4H3. The number of benzene rings is 2. The van der Waals surface area contributed by atoms with E-state index in [4.69, 9.17) is 19.9 Å². The topological polar surface area (TPSA) is 53.7 Å². The second-order valence-corrected chi connectivity index (χ2v) is 5.06. The van der Waals surface area contributed by atoms with Crippen LogP contribution in [0.1, 0.15) is 24.0 Å². The quantitative estimate of drug-likeness (QED) is 0.620. The van der Waals surface area contributed by atoms with Crippen molar-refractivity contribution >= 4 is 5.69 Å². The third-order valence-electron chi connectivity index (χ3n) is 3.70. The molecule has 1 unspecified atom stereocenters. The highest BCUT2D eigenvalue weighted by Crippen LogP contribution is 2.35. The van der Waals surface area contributed by atoms with E-state index < -0.39 is 0 Å². The second-order valence-electron chi connectivity index (χ2n) is 5.06. The maximum atomic E-state index is 6.02. The first-order chi connectivity index (χ1) is 11.1. The van der Waals surface area contributed by atoms with Crippen molar-refractivity contribution in [3.8, 4) is 17.2 Å². The van der Waals surface area contributed by atoms with Crippen molar-refractivity contribution in [2.45, 2.75) is 12.8 Å². The van der Waals surface area contributed by atoms with E-state index in [9.17, 15) is 0 Å². The number of anilines is 1. The Bertz CT molecular complexity index is 682. The Kier molecular flexibility index (Phi) is 5.52. The first-order valence-electron chi connectivity index (χ1n) is 7.51. The number of allylic oxidation sites excluding steroid dienone is 1. The summed E-state index contributed by atoms with van der Waals surface area (Å²) >= 11 is 0. The molecule has 122 valence electrons. The highest BCUT2D eigenvalue weighted by atomic mass is 16.5. The fourth-order valence-corrected chi connectivity index (χ4v) is 2.57. The van der Waals surface area contributed by atoms with Gasteiger partial charge < -0.3 is 19.9 Å². The highest BCUT2D eigenvalue weighted by Gasteiger charge is 2.15. The number of nitrogens with two attached hydrogens (primary N) is 1. The number of hydrogen-bond donors (Lipinski definition) is 1. The van der Waals surface area contributed by atoms with E-state index in [-0.39, 0.29) is 5.92 Å². The first-order valence-corrected chi connectivity index (χ1v) is 7.51. The second kappa shape index (κ2) is 7.58. The molecule has 0 saturated heterocycles. The van der Waals surface area contributed by atoms with Crippen LogP contribution >= 0.6 is 0 Å². The highest BCUT2D eigenvalue weighted by molar-refractivity contribution is 5.57. The van der Waals surface area contributed by atoms with E-state index in [2.05, 4.69) is 6.58 Å². The third-order valence-corrected chi connectivity index (χ3v) is 3.70. The molecule has 4 heteroatoms. The minimum absolute atomic E-state index is 0.00770. The molecule has 0 aromatic heterocycles. The lowest BCUT2D eigenvalue weighted by molar-refractivity contribution is 0.310. The summed E-state index contributed by atoms with van der Waals surface area (Å²) in [5, 5.41) is 0. The van der Waals surface area contributed by atoms with Crippen LogP contribution in [0, 0.1) is 0 Å². The molecule has 0 radical (unpaired) electrons. The molecule has 0 spiro atoms. The summed E-state index contributed by atoms with van der Waals surface area (Å²) < 4.78 is 16.2. The monoisotopic (exact) mass is 313 g/mol. The number of nitrogen functional groups attached to an aromatic ring is 1. The Morgan fingerprint density at radius 1 is 1.00 bits per heavy atom. The van der Waals surface area contributed by atoms with Crippen LogP contribution in [0.4, 0.5) is 5.69 Å². The summed E-state index contributed by atoms with van der Waals surface area (Å²) in [7, 11) is 3.24. The van der Waals surface area contributed by atoms with Gasteiger partial charge in [-0.25, -0.2) is 0 Å². The van der Waals surface area contributed by atoms with E-state index in [1.807, 2.05) is 49.4 Å². The predicted octanol–water partition coefficient (Wildman–Crippen LogP) is 4.00. The van der Waals surface area contributed by atoms with E-state index >= 15 is 0 Å². The van der Waals surface area contributed by atoms with Crippen LogP contribution in [-0.2, 0) is 0 Å². The van der Waals surface area contributed by atoms with Gasteiger partial charge in [-0.1, -0.05) is 18.2 Å². The van der Waals surface area contributed by atoms with Crippen LogP contribution in [0.25, 0.3) is 0 Å². The molecule has 2 aromatic rings. The van der Waals surface area contributed by atoms with Gasteiger partial charge in [-0.15, -0.1) is 6.58 Å². The minimum atomic E-state index is 0.00770. The van der Waals surface area contributed by atoms with E-state index in [0.717, 1.165) is 16.9 Å². The normalized spacial score (nSPS) is 11.6. The Labute approximate surface area is 137 Å². The Hall–Kier alpha value is -2.62. The summed E-state index contributed by atoms with van der Waals surface area (Å²) in [6.07, 6.45) is 1.89. The molecule has 2 aromatic carbocycles. The molecule has 0 fully saturated rings. The van der Waals surface area contributed by atoms with Crippen molar-refractivity contribution in [3.63, 3.8) is 0 Å². The summed E-state index contributed by atoms with van der Waals surface area (Å²) in [5.41, 5.74) is 8.74. The van der Waals surface area contributed by atoms with Gasteiger partial charge in [0.05, 0.1) is 26.5 Å². The Morgan fingerprint density at radius 3 is 2.13 bits per heavy atom. The molecule has 0 aliphatic rings. The average molecular weight is 313 g/mol. The van der Waals surface area contributed by atoms with E-state index in [1.165, 1.54) is 0 Å². The lowest BCUT2D eigenvalue weighted by Gasteiger charge is -2.18. The molecule has 4 nitrogen and oxygen atoms in total. The number of methoxy groups -OCH3 is 2. The molecule has 0 bridgehead atoms. The summed E-state index contributed by atoms with van der Waals surface area (Å²) in [6.45, 7) is 6.48. The molecule has 2 N–H and O–H groups in total. The molecule has 0 amide bonds. The summed E-state index contributed by atoms with van der Waals surface area (Å²) in [4.78, 5) is 0. The van der Waals surface area contributed by atoms with Gasteiger partial charge in [0, 0.05) is 5.92 Å². The number of rotatable bonds is 7. The van der Waals surface area contributed by atoms with Gasteiger partial charge in [-0.2, -0.15) is 0 Å². The van der Waals surface area contributed by atoms with Crippen LogP contribution < -0.4 is 19.9 Å². The molecule has 23 heavy (non-hydrogen) atoms. The molecule has 0 heterocycles. The van der Waals surface area contributed by atoms with Crippen LogP contribution in [-0.4, -0.2) is 20.8 Å². The fraction of sp³-hybridized carbons (Fsp3) is 0.263. The molecule has 1 atom stereocenters. The van der Waals surface area contributed by atoms with Crippen molar-refractivity contribution in [1.82, 2.24) is 0 Å². The van der Waals surface area contributed by atoms with Gasteiger partial charge >= 0.3 is 0 Å². The molecule has 0 aliphatic heterocycles. The molecular formula is C19H23NO3. The van der Waals surface area contributed by atoms with Crippen molar-refractivity contribution in [2.75, 3.05) is 26.6 Å². The van der Waals surface area contributed by atoms with E-state index in [0.29, 0.717) is 23.8 Å². The molecular weight excluding hydrogens is 290 g/mol.